The van der Waals surface area contributed by atoms with Crippen LogP contribution in [0.25, 0.3) is 0 Å². The summed E-state index contributed by atoms with van der Waals surface area (Å²) < 4.78 is 0. The van der Waals surface area contributed by atoms with E-state index in [1.54, 1.807) is 26.0 Å². The van der Waals surface area contributed by atoms with Gasteiger partial charge in [-0.05, 0) is 25.5 Å². The number of ketones is 1. The lowest BCUT2D eigenvalue weighted by Gasteiger charge is -2.09. The SMILES string of the molecule is Cc1ccc(C)c(C(=O)CN(C=O)C=O)n1. The van der Waals surface area contributed by atoms with Crippen LogP contribution in [-0.2, 0) is 9.59 Å². The molecule has 5 nitrogen and oxygen atoms in total. The first-order chi connectivity index (χ1) is 7.58. The van der Waals surface area contributed by atoms with Gasteiger partial charge in [0.05, 0.1) is 6.54 Å². The highest BCUT2D eigenvalue weighted by atomic mass is 16.2. The van der Waals surface area contributed by atoms with Crippen LogP contribution in [0.1, 0.15) is 21.7 Å². The normalized spacial score (nSPS) is 9.62. The van der Waals surface area contributed by atoms with Crippen LogP contribution in [0.5, 0.6) is 0 Å². The topological polar surface area (TPSA) is 67.3 Å². The number of pyridine rings is 1. The summed E-state index contributed by atoms with van der Waals surface area (Å²) in [7, 11) is 0. The zero-order valence-corrected chi connectivity index (χ0v) is 9.14. The minimum absolute atomic E-state index is 0.274. The van der Waals surface area contributed by atoms with Gasteiger partial charge in [0.2, 0.25) is 18.6 Å². The Morgan fingerprint density at radius 2 is 1.94 bits per heavy atom. The monoisotopic (exact) mass is 220 g/mol. The molecule has 2 amide bonds. The van der Waals surface area contributed by atoms with Crippen molar-refractivity contribution in [3.63, 3.8) is 0 Å². The van der Waals surface area contributed by atoms with Crippen molar-refractivity contribution in [3.05, 3.63) is 29.1 Å². The molecule has 1 rings (SSSR count). The van der Waals surface area contributed by atoms with Crippen molar-refractivity contribution in [1.82, 2.24) is 9.88 Å². The van der Waals surface area contributed by atoms with Crippen molar-refractivity contribution in [1.29, 1.82) is 0 Å². The van der Waals surface area contributed by atoms with Crippen LogP contribution in [-0.4, -0.2) is 35.0 Å². The third kappa shape index (κ3) is 2.73. The highest BCUT2D eigenvalue weighted by Gasteiger charge is 2.14. The molecule has 0 N–H and O–H groups in total. The summed E-state index contributed by atoms with van der Waals surface area (Å²) >= 11 is 0. The molecule has 0 fully saturated rings. The van der Waals surface area contributed by atoms with Crippen LogP contribution in [0, 0.1) is 13.8 Å². The number of aromatic nitrogens is 1. The Kier molecular flexibility index (Phi) is 3.88. The van der Waals surface area contributed by atoms with E-state index in [9.17, 15) is 14.4 Å². The standard InChI is InChI=1S/C11H12N2O3/c1-8-3-4-9(2)12-11(8)10(16)5-13(6-14)7-15/h3-4,6-7H,5H2,1-2H3. The van der Waals surface area contributed by atoms with E-state index in [1.165, 1.54) is 0 Å². The van der Waals surface area contributed by atoms with Crippen LogP contribution in [0.3, 0.4) is 0 Å². The Hall–Kier alpha value is -2.04. The second-order valence-electron chi connectivity index (χ2n) is 3.42. The average Bonchev–Trinajstić information content (AvgIpc) is 2.28. The van der Waals surface area contributed by atoms with Gasteiger partial charge in [0.25, 0.3) is 0 Å². The van der Waals surface area contributed by atoms with Gasteiger partial charge in [-0.2, -0.15) is 0 Å². The van der Waals surface area contributed by atoms with Crippen molar-refractivity contribution in [2.24, 2.45) is 0 Å². The minimum atomic E-state index is -0.347. The molecule has 16 heavy (non-hydrogen) atoms. The van der Waals surface area contributed by atoms with Gasteiger partial charge in [0, 0.05) is 5.69 Å². The van der Waals surface area contributed by atoms with Crippen LogP contribution in [0.4, 0.5) is 0 Å². The average molecular weight is 220 g/mol. The fourth-order valence-corrected chi connectivity index (χ4v) is 1.25. The van der Waals surface area contributed by atoms with Gasteiger partial charge in [-0.3, -0.25) is 19.3 Å². The number of nitrogens with zero attached hydrogens (tertiary/aromatic N) is 2. The maximum atomic E-state index is 11.7. The molecule has 1 heterocycles. The second kappa shape index (κ2) is 5.16. The molecule has 0 aliphatic carbocycles. The fourth-order valence-electron chi connectivity index (χ4n) is 1.25. The number of aryl methyl sites for hydroxylation is 2. The summed E-state index contributed by atoms with van der Waals surface area (Å²) in [4.78, 5) is 37.3. The lowest BCUT2D eigenvalue weighted by molar-refractivity contribution is -0.128. The first-order valence-corrected chi connectivity index (χ1v) is 4.72. The smallest absolute Gasteiger partial charge is 0.216 e. The van der Waals surface area contributed by atoms with E-state index in [0.29, 0.717) is 18.5 Å². The summed E-state index contributed by atoms with van der Waals surface area (Å²) in [5, 5.41) is 0. The highest BCUT2D eigenvalue weighted by Crippen LogP contribution is 2.07. The zero-order chi connectivity index (χ0) is 12.1. The molecular weight excluding hydrogens is 208 g/mol. The Balaban J connectivity index is 2.91. The third-order valence-electron chi connectivity index (χ3n) is 2.10. The van der Waals surface area contributed by atoms with Gasteiger partial charge in [-0.15, -0.1) is 0 Å². The van der Waals surface area contributed by atoms with Gasteiger partial charge in [0.15, 0.2) is 0 Å². The molecule has 0 aliphatic rings. The largest absolute Gasteiger partial charge is 0.290 e. The van der Waals surface area contributed by atoms with Crippen LogP contribution < -0.4 is 0 Å². The molecule has 1 aromatic rings. The van der Waals surface area contributed by atoms with E-state index in [1.807, 2.05) is 0 Å². The van der Waals surface area contributed by atoms with Crippen molar-refractivity contribution >= 4 is 18.6 Å². The van der Waals surface area contributed by atoms with Gasteiger partial charge < -0.3 is 0 Å². The van der Waals surface area contributed by atoms with E-state index < -0.39 is 0 Å². The molecule has 0 atom stereocenters. The zero-order valence-electron chi connectivity index (χ0n) is 9.14. The number of rotatable bonds is 5. The summed E-state index contributed by atoms with van der Waals surface area (Å²) in [5.74, 6) is -0.347. The molecule has 0 aliphatic heterocycles. The fraction of sp³-hybridized carbons (Fsp3) is 0.273. The van der Waals surface area contributed by atoms with Crippen molar-refractivity contribution in [2.45, 2.75) is 13.8 Å². The first-order valence-electron chi connectivity index (χ1n) is 4.72. The van der Waals surface area contributed by atoms with Crippen molar-refractivity contribution in [2.75, 3.05) is 6.54 Å². The van der Waals surface area contributed by atoms with E-state index >= 15 is 0 Å². The molecule has 0 saturated carbocycles. The van der Waals surface area contributed by atoms with Crippen molar-refractivity contribution < 1.29 is 14.4 Å². The second-order valence-corrected chi connectivity index (χ2v) is 3.42. The molecule has 0 spiro atoms. The van der Waals surface area contributed by atoms with Gasteiger partial charge >= 0.3 is 0 Å². The predicted molar refractivity (Wildman–Crippen MR) is 56.9 cm³/mol. The minimum Gasteiger partial charge on any atom is -0.290 e. The Labute approximate surface area is 93.1 Å². The molecule has 1 aromatic heterocycles. The first kappa shape index (κ1) is 12.0. The Morgan fingerprint density at radius 3 is 2.50 bits per heavy atom. The lowest BCUT2D eigenvalue weighted by Crippen LogP contribution is -2.28. The summed E-state index contributed by atoms with van der Waals surface area (Å²) in [6.07, 6.45) is 0.631. The van der Waals surface area contributed by atoms with Crippen LogP contribution in [0.2, 0.25) is 0 Å². The molecule has 0 radical (unpaired) electrons. The summed E-state index contributed by atoms with van der Waals surface area (Å²) in [6.45, 7) is 3.25. The molecular formula is C11H12N2O3. The lowest BCUT2D eigenvalue weighted by atomic mass is 10.1. The molecule has 5 heteroatoms. The number of imide groups is 1. The summed E-state index contributed by atoms with van der Waals surface area (Å²) in [5.41, 5.74) is 1.75. The number of amides is 2. The highest BCUT2D eigenvalue weighted by molar-refractivity contribution is 5.99. The Bertz CT molecular complexity index is 421. The maximum absolute atomic E-state index is 11.7. The maximum Gasteiger partial charge on any atom is 0.216 e. The number of Topliss-reactive ketones (excluding diaryl/α,β-unsaturated/α-hetero) is 1. The predicted octanol–water partition coefficient (Wildman–Crippen LogP) is 0.496. The number of carbonyl (C=O) groups excluding carboxylic acids is 3. The van der Waals surface area contributed by atoms with Crippen molar-refractivity contribution in [3.8, 4) is 0 Å². The molecule has 0 saturated heterocycles. The Morgan fingerprint density at radius 1 is 1.31 bits per heavy atom. The van der Waals surface area contributed by atoms with Gasteiger partial charge in [0.1, 0.15) is 5.69 Å². The van der Waals surface area contributed by atoms with Gasteiger partial charge in [-0.1, -0.05) is 6.07 Å². The molecule has 0 bridgehead atoms. The summed E-state index contributed by atoms with van der Waals surface area (Å²) in [6, 6.07) is 3.57. The van der Waals surface area contributed by atoms with E-state index in [4.69, 9.17) is 0 Å². The third-order valence-corrected chi connectivity index (χ3v) is 2.10. The van der Waals surface area contributed by atoms with E-state index in [0.717, 1.165) is 16.2 Å². The van der Waals surface area contributed by atoms with E-state index in [-0.39, 0.29) is 12.3 Å². The number of carbonyl (C=O) groups is 3. The number of hydrogen-bond donors (Lipinski definition) is 0. The van der Waals surface area contributed by atoms with Gasteiger partial charge in [-0.25, -0.2) is 4.98 Å². The van der Waals surface area contributed by atoms with E-state index in [2.05, 4.69) is 4.98 Å². The molecule has 84 valence electrons. The van der Waals surface area contributed by atoms with Crippen LogP contribution >= 0.6 is 0 Å². The van der Waals surface area contributed by atoms with Crippen LogP contribution in [0.15, 0.2) is 12.1 Å². The molecule has 0 aromatic carbocycles. The quantitative estimate of drug-likeness (QED) is 0.535. The number of hydrogen-bond acceptors (Lipinski definition) is 4. The molecule has 0 unspecified atom stereocenters.